The minimum atomic E-state index is -0.335. The van der Waals surface area contributed by atoms with Gasteiger partial charge in [0.25, 0.3) is 0 Å². The lowest BCUT2D eigenvalue weighted by Crippen LogP contribution is -2.27. The van der Waals surface area contributed by atoms with E-state index in [-0.39, 0.29) is 12.0 Å². The second-order valence-electron chi connectivity index (χ2n) is 6.93. The predicted octanol–water partition coefficient (Wildman–Crippen LogP) is 4.88. The third-order valence-electron chi connectivity index (χ3n) is 5.17. The van der Waals surface area contributed by atoms with Gasteiger partial charge in [-0.25, -0.2) is 4.79 Å². The number of alkyl carbamates (subject to hydrolysis) is 1. The molecule has 1 aliphatic carbocycles. The number of aromatic amines is 1. The van der Waals surface area contributed by atoms with Gasteiger partial charge in [0, 0.05) is 24.9 Å². The summed E-state index contributed by atoms with van der Waals surface area (Å²) in [6.07, 6.45) is 6.62. The molecule has 138 valence electrons. The van der Waals surface area contributed by atoms with Gasteiger partial charge in [-0.3, -0.25) is 0 Å². The first-order chi connectivity index (χ1) is 13.3. The van der Waals surface area contributed by atoms with Gasteiger partial charge >= 0.3 is 6.09 Å². The second-order valence-corrected chi connectivity index (χ2v) is 6.93. The van der Waals surface area contributed by atoms with E-state index in [1.54, 1.807) is 0 Å². The van der Waals surface area contributed by atoms with Crippen molar-refractivity contribution in [1.82, 2.24) is 10.3 Å². The number of fused-ring (bicyclic) bond motifs is 3. The summed E-state index contributed by atoms with van der Waals surface area (Å²) in [6.45, 7) is 1.00. The second kappa shape index (κ2) is 8.12. The SMILES string of the molecule is O=C(NCCCCc1cc[nH]c1)OCC1c2ccccc2-c2ccccc21. The smallest absolute Gasteiger partial charge is 0.407 e. The minimum Gasteiger partial charge on any atom is -0.449 e. The highest BCUT2D eigenvalue weighted by Gasteiger charge is 2.28. The third kappa shape index (κ3) is 3.90. The van der Waals surface area contributed by atoms with Crippen LogP contribution in [0.3, 0.4) is 0 Å². The van der Waals surface area contributed by atoms with E-state index in [1.165, 1.54) is 27.8 Å². The van der Waals surface area contributed by atoms with E-state index in [9.17, 15) is 4.79 Å². The molecule has 0 radical (unpaired) electrons. The molecule has 4 nitrogen and oxygen atoms in total. The van der Waals surface area contributed by atoms with E-state index in [0.717, 1.165) is 19.3 Å². The quantitative estimate of drug-likeness (QED) is 0.590. The molecule has 0 bridgehead atoms. The van der Waals surface area contributed by atoms with Crippen LogP contribution in [0.15, 0.2) is 67.0 Å². The third-order valence-corrected chi connectivity index (χ3v) is 5.17. The zero-order valence-electron chi connectivity index (χ0n) is 15.3. The number of hydrogen-bond donors (Lipinski definition) is 2. The number of aryl methyl sites for hydroxylation is 1. The van der Waals surface area contributed by atoms with Crippen LogP contribution in [-0.4, -0.2) is 24.2 Å². The molecule has 4 rings (SSSR count). The van der Waals surface area contributed by atoms with Gasteiger partial charge in [0.2, 0.25) is 0 Å². The normalized spacial score (nSPS) is 12.4. The Bertz CT molecular complexity index is 857. The molecule has 3 aromatic rings. The fraction of sp³-hybridized carbons (Fsp3) is 0.261. The molecule has 27 heavy (non-hydrogen) atoms. The Kier molecular flexibility index (Phi) is 5.24. The first-order valence-electron chi connectivity index (χ1n) is 9.53. The minimum absolute atomic E-state index is 0.108. The number of nitrogens with one attached hydrogen (secondary N) is 2. The number of rotatable bonds is 7. The van der Waals surface area contributed by atoms with Gasteiger partial charge in [-0.2, -0.15) is 0 Å². The monoisotopic (exact) mass is 360 g/mol. The van der Waals surface area contributed by atoms with E-state index in [2.05, 4.69) is 52.8 Å². The number of ether oxygens (including phenoxy) is 1. The zero-order chi connectivity index (χ0) is 18.5. The Balaban J connectivity index is 1.27. The molecule has 0 unspecified atom stereocenters. The van der Waals surface area contributed by atoms with Gasteiger partial charge < -0.3 is 15.0 Å². The lowest BCUT2D eigenvalue weighted by molar-refractivity contribution is 0.143. The van der Waals surface area contributed by atoms with Gasteiger partial charge in [-0.1, -0.05) is 48.5 Å². The maximum absolute atomic E-state index is 12.1. The summed E-state index contributed by atoms with van der Waals surface area (Å²) in [6, 6.07) is 18.8. The summed E-state index contributed by atoms with van der Waals surface area (Å²) in [7, 11) is 0. The van der Waals surface area contributed by atoms with E-state index in [4.69, 9.17) is 4.74 Å². The Hall–Kier alpha value is -3.01. The van der Waals surface area contributed by atoms with Crippen molar-refractivity contribution in [2.45, 2.75) is 25.2 Å². The molecule has 1 aliphatic rings. The highest BCUT2D eigenvalue weighted by atomic mass is 16.5. The van der Waals surface area contributed by atoms with Gasteiger partial charge in [0.05, 0.1) is 0 Å². The summed E-state index contributed by atoms with van der Waals surface area (Å²) in [5.41, 5.74) is 6.26. The van der Waals surface area contributed by atoms with Gasteiger partial charge in [0.15, 0.2) is 0 Å². The lowest BCUT2D eigenvalue weighted by Gasteiger charge is -2.14. The molecule has 4 heteroatoms. The number of carbonyl (C=O) groups is 1. The number of benzene rings is 2. The topological polar surface area (TPSA) is 54.1 Å². The number of H-pyrrole nitrogens is 1. The highest BCUT2D eigenvalue weighted by molar-refractivity contribution is 5.79. The molecule has 0 aliphatic heterocycles. The molecule has 1 aromatic heterocycles. The molecule has 0 spiro atoms. The van der Waals surface area contributed by atoms with E-state index in [0.29, 0.717) is 13.2 Å². The number of hydrogen-bond acceptors (Lipinski definition) is 2. The van der Waals surface area contributed by atoms with Crippen LogP contribution >= 0.6 is 0 Å². The molecular weight excluding hydrogens is 336 g/mol. The first-order valence-corrected chi connectivity index (χ1v) is 9.53. The predicted molar refractivity (Wildman–Crippen MR) is 107 cm³/mol. The van der Waals surface area contributed by atoms with Crippen LogP contribution in [0.25, 0.3) is 11.1 Å². The first kappa shape index (κ1) is 17.4. The number of carbonyl (C=O) groups excluding carboxylic acids is 1. The van der Waals surface area contributed by atoms with Gasteiger partial charge in [0.1, 0.15) is 6.61 Å². The molecule has 0 fully saturated rings. The van der Waals surface area contributed by atoms with Crippen LogP contribution in [-0.2, 0) is 11.2 Å². The van der Waals surface area contributed by atoms with Crippen molar-refractivity contribution in [3.05, 3.63) is 83.7 Å². The Morgan fingerprint density at radius 3 is 2.33 bits per heavy atom. The number of unbranched alkanes of at least 4 members (excludes halogenated alkanes) is 1. The van der Waals surface area contributed by atoms with Crippen molar-refractivity contribution in [3.8, 4) is 11.1 Å². The maximum Gasteiger partial charge on any atom is 0.407 e. The van der Waals surface area contributed by atoms with Crippen LogP contribution in [0.2, 0.25) is 0 Å². The van der Waals surface area contributed by atoms with Crippen molar-refractivity contribution < 1.29 is 9.53 Å². The fourth-order valence-corrected chi connectivity index (χ4v) is 3.81. The number of amides is 1. The van der Waals surface area contributed by atoms with Crippen LogP contribution in [0, 0.1) is 0 Å². The highest BCUT2D eigenvalue weighted by Crippen LogP contribution is 2.44. The summed E-state index contributed by atoms with van der Waals surface area (Å²) in [4.78, 5) is 15.1. The summed E-state index contributed by atoms with van der Waals surface area (Å²) >= 11 is 0. The van der Waals surface area contributed by atoms with Crippen LogP contribution < -0.4 is 5.32 Å². The molecule has 2 N–H and O–H groups in total. The van der Waals surface area contributed by atoms with Crippen molar-refractivity contribution in [3.63, 3.8) is 0 Å². The van der Waals surface area contributed by atoms with Crippen LogP contribution in [0.1, 0.15) is 35.4 Å². The molecule has 1 amide bonds. The largest absolute Gasteiger partial charge is 0.449 e. The van der Waals surface area contributed by atoms with E-state index >= 15 is 0 Å². The molecular formula is C23H24N2O2. The van der Waals surface area contributed by atoms with Crippen molar-refractivity contribution in [1.29, 1.82) is 0 Å². The zero-order valence-corrected chi connectivity index (χ0v) is 15.3. The van der Waals surface area contributed by atoms with Crippen molar-refractivity contribution in [2.75, 3.05) is 13.2 Å². The van der Waals surface area contributed by atoms with E-state index < -0.39 is 0 Å². The number of aromatic nitrogens is 1. The van der Waals surface area contributed by atoms with Crippen molar-refractivity contribution in [2.24, 2.45) is 0 Å². The van der Waals surface area contributed by atoms with Crippen LogP contribution in [0.5, 0.6) is 0 Å². The Labute approximate surface area is 159 Å². The molecule has 2 aromatic carbocycles. The fourth-order valence-electron chi connectivity index (χ4n) is 3.81. The molecule has 0 saturated heterocycles. The molecule has 0 atom stereocenters. The summed E-state index contributed by atoms with van der Waals surface area (Å²) in [5, 5.41) is 2.87. The maximum atomic E-state index is 12.1. The summed E-state index contributed by atoms with van der Waals surface area (Å²) in [5.74, 6) is 0.108. The average molecular weight is 360 g/mol. The Morgan fingerprint density at radius 1 is 0.963 bits per heavy atom. The Morgan fingerprint density at radius 2 is 1.67 bits per heavy atom. The standard InChI is InChI=1S/C23H24N2O2/c26-23(25-13-6-5-7-17-12-14-24-15-17)27-16-22-20-10-3-1-8-18(20)19-9-2-4-11-21(19)22/h1-4,8-12,14-15,22,24H,5-7,13,16H2,(H,25,26). The van der Waals surface area contributed by atoms with E-state index in [1.807, 2.05) is 24.5 Å². The lowest BCUT2D eigenvalue weighted by atomic mass is 9.98. The van der Waals surface area contributed by atoms with Crippen molar-refractivity contribution >= 4 is 6.09 Å². The molecule has 0 saturated carbocycles. The molecule has 1 heterocycles. The van der Waals surface area contributed by atoms with Gasteiger partial charge in [-0.15, -0.1) is 0 Å². The average Bonchev–Trinajstić information content (AvgIpc) is 3.32. The van der Waals surface area contributed by atoms with Crippen LogP contribution in [0.4, 0.5) is 4.79 Å². The van der Waals surface area contributed by atoms with Gasteiger partial charge in [-0.05, 0) is 53.1 Å². The summed E-state index contributed by atoms with van der Waals surface area (Å²) < 4.78 is 5.54.